The van der Waals surface area contributed by atoms with E-state index in [2.05, 4.69) is 38.9 Å². The molecule has 7 nitrogen and oxygen atoms in total. The van der Waals surface area contributed by atoms with Gasteiger partial charge in [-0.2, -0.15) is 21.0 Å². The molecule has 0 atom stereocenters. The number of nitriles is 4. The highest BCUT2D eigenvalue weighted by molar-refractivity contribution is 5.83. The number of hydrogen-bond acceptors (Lipinski definition) is 5. The number of nitrogens with zero attached hydrogens (tertiary/aromatic N) is 7. The minimum atomic E-state index is 0.310. The van der Waals surface area contributed by atoms with Crippen molar-refractivity contribution in [2.75, 3.05) is 4.90 Å². The molecule has 0 heterocycles. The number of benzene rings is 6. The molecule has 6 aromatic rings. The van der Waals surface area contributed by atoms with Gasteiger partial charge in [0.2, 0.25) is 0 Å². The zero-order valence-electron chi connectivity index (χ0n) is 25.8. The van der Waals surface area contributed by atoms with E-state index in [0.29, 0.717) is 33.6 Å². The second kappa shape index (κ2) is 13.6. The molecule has 0 aliphatic carbocycles. The van der Waals surface area contributed by atoms with Crippen LogP contribution in [0.4, 0.5) is 28.4 Å². The Morgan fingerprint density at radius 3 is 1.27 bits per heavy atom. The zero-order valence-corrected chi connectivity index (χ0v) is 25.8. The van der Waals surface area contributed by atoms with Crippen LogP contribution in [0, 0.1) is 58.5 Å². The van der Waals surface area contributed by atoms with Gasteiger partial charge in [-0.25, -0.2) is 0 Å². The average Bonchev–Trinajstić information content (AvgIpc) is 3.18. The molecule has 6 aromatic carbocycles. The summed E-state index contributed by atoms with van der Waals surface area (Å²) in [6.45, 7) is 14.8. The molecule has 0 spiro atoms. The molecule has 0 aliphatic rings. The zero-order chi connectivity index (χ0) is 34.3. The minimum absolute atomic E-state index is 0.310. The number of anilines is 3. The lowest BCUT2D eigenvalue weighted by atomic mass is 9.99. The van der Waals surface area contributed by atoms with Crippen LogP contribution in [0.2, 0.25) is 0 Å². The summed E-state index contributed by atoms with van der Waals surface area (Å²) < 4.78 is 0. The summed E-state index contributed by atoms with van der Waals surface area (Å²) in [5, 5.41) is 37.8. The SMILES string of the molecule is [C-]#[N+]c1ccc(-c2ccc(N(c3ccc(-c4cc(C#N)cc(C#N)c4)cc3)c3ccc(-c4ccc(C#N)c(C#N)c4)cc3)cc2)cc1[N+]#[C-]. The Labute approximate surface area is 283 Å². The second-order valence-corrected chi connectivity index (χ2v) is 10.9. The molecule has 0 aromatic heterocycles. The molecule has 6 rings (SSSR count). The van der Waals surface area contributed by atoms with Crippen molar-refractivity contribution in [2.24, 2.45) is 0 Å². The third kappa shape index (κ3) is 6.29. The molecule has 0 aliphatic heterocycles. The lowest BCUT2D eigenvalue weighted by Crippen LogP contribution is -2.09. The van der Waals surface area contributed by atoms with Crippen molar-refractivity contribution in [3.05, 3.63) is 172 Å². The van der Waals surface area contributed by atoms with Gasteiger partial charge in [0.1, 0.15) is 12.1 Å². The van der Waals surface area contributed by atoms with E-state index < -0.39 is 0 Å². The highest BCUT2D eigenvalue weighted by atomic mass is 15.1. The van der Waals surface area contributed by atoms with E-state index in [9.17, 15) is 21.0 Å². The van der Waals surface area contributed by atoms with E-state index >= 15 is 0 Å². The molecule has 224 valence electrons. The second-order valence-electron chi connectivity index (χ2n) is 10.9. The van der Waals surface area contributed by atoms with Crippen LogP contribution >= 0.6 is 0 Å². The summed E-state index contributed by atoms with van der Waals surface area (Å²) in [4.78, 5) is 9.05. The molecule has 0 amide bonds. The Bertz CT molecular complexity index is 2340. The summed E-state index contributed by atoms with van der Waals surface area (Å²) in [6, 6.07) is 47.6. The maximum atomic E-state index is 9.52. The minimum Gasteiger partial charge on any atom is -0.311 e. The monoisotopic (exact) mass is 623 g/mol. The summed E-state index contributed by atoms with van der Waals surface area (Å²) in [5.74, 6) is 0. The lowest BCUT2D eigenvalue weighted by Gasteiger charge is -2.26. The fraction of sp³-hybridized carbons (Fsp3) is 0. The third-order valence-corrected chi connectivity index (χ3v) is 8.04. The quantitative estimate of drug-likeness (QED) is 0.172. The topological polar surface area (TPSA) is 107 Å². The summed E-state index contributed by atoms with van der Waals surface area (Å²) in [7, 11) is 0. The van der Waals surface area contributed by atoms with Crippen LogP contribution in [-0.4, -0.2) is 0 Å². The van der Waals surface area contributed by atoms with Crippen molar-refractivity contribution in [3.8, 4) is 57.7 Å². The largest absolute Gasteiger partial charge is 0.311 e. The predicted octanol–water partition coefficient (Wildman–Crippen LogP) is 10.7. The van der Waals surface area contributed by atoms with E-state index in [-0.39, 0.29) is 0 Å². The molecule has 0 fully saturated rings. The Kier molecular flexibility index (Phi) is 8.61. The summed E-state index contributed by atoms with van der Waals surface area (Å²) in [6.07, 6.45) is 0. The Morgan fingerprint density at radius 2 is 0.816 bits per heavy atom. The molecule has 0 saturated heterocycles. The van der Waals surface area contributed by atoms with Gasteiger partial charge in [-0.1, -0.05) is 60.7 Å². The highest BCUT2D eigenvalue weighted by Gasteiger charge is 2.15. The Hall–Kier alpha value is -7.94. The first-order chi connectivity index (χ1) is 24.0. The maximum absolute atomic E-state index is 9.52. The van der Waals surface area contributed by atoms with E-state index in [1.54, 1.807) is 42.5 Å². The molecule has 0 bridgehead atoms. The number of hydrogen-bond donors (Lipinski definition) is 0. The molecule has 49 heavy (non-hydrogen) atoms. The van der Waals surface area contributed by atoms with E-state index in [1.807, 2.05) is 84.9 Å². The van der Waals surface area contributed by atoms with Gasteiger partial charge in [0.05, 0.1) is 47.5 Å². The van der Waals surface area contributed by atoms with Crippen molar-refractivity contribution < 1.29 is 0 Å². The van der Waals surface area contributed by atoms with Crippen molar-refractivity contribution in [3.63, 3.8) is 0 Å². The lowest BCUT2D eigenvalue weighted by molar-refractivity contribution is 1.28. The van der Waals surface area contributed by atoms with Crippen LogP contribution < -0.4 is 4.90 Å². The molecular weight excluding hydrogens is 603 g/mol. The van der Waals surface area contributed by atoms with Gasteiger partial charge in [-0.05, 0) is 100 Å². The molecule has 0 radical (unpaired) electrons. The maximum Gasteiger partial charge on any atom is 0.195 e. The van der Waals surface area contributed by atoms with E-state index in [4.69, 9.17) is 13.1 Å². The van der Waals surface area contributed by atoms with E-state index in [1.165, 1.54) is 0 Å². The van der Waals surface area contributed by atoms with Gasteiger partial charge in [0.15, 0.2) is 11.4 Å². The highest BCUT2D eigenvalue weighted by Crippen LogP contribution is 2.39. The summed E-state index contributed by atoms with van der Waals surface area (Å²) >= 11 is 0. The Balaban J connectivity index is 1.41. The van der Waals surface area contributed by atoms with Crippen LogP contribution in [-0.2, 0) is 0 Å². The van der Waals surface area contributed by atoms with Crippen LogP contribution in [0.1, 0.15) is 22.3 Å². The number of rotatable bonds is 6. The van der Waals surface area contributed by atoms with Crippen LogP contribution in [0.5, 0.6) is 0 Å². The molecular formula is C42H21N7. The predicted molar refractivity (Wildman–Crippen MR) is 189 cm³/mol. The van der Waals surface area contributed by atoms with Crippen molar-refractivity contribution >= 4 is 28.4 Å². The van der Waals surface area contributed by atoms with Gasteiger partial charge in [0, 0.05) is 17.1 Å². The third-order valence-electron chi connectivity index (χ3n) is 8.04. The molecule has 0 unspecified atom stereocenters. The first-order valence-corrected chi connectivity index (χ1v) is 14.9. The van der Waals surface area contributed by atoms with Gasteiger partial charge >= 0.3 is 0 Å². The first-order valence-electron chi connectivity index (χ1n) is 14.9. The van der Waals surface area contributed by atoms with Crippen molar-refractivity contribution in [2.45, 2.75) is 0 Å². The smallest absolute Gasteiger partial charge is 0.195 e. The van der Waals surface area contributed by atoms with Gasteiger partial charge in [-0.15, -0.1) is 0 Å². The van der Waals surface area contributed by atoms with E-state index in [0.717, 1.165) is 50.4 Å². The molecule has 7 heteroatoms. The van der Waals surface area contributed by atoms with Crippen LogP contribution in [0.3, 0.4) is 0 Å². The van der Waals surface area contributed by atoms with Gasteiger partial charge < -0.3 is 4.90 Å². The van der Waals surface area contributed by atoms with Crippen molar-refractivity contribution in [1.82, 2.24) is 0 Å². The fourth-order valence-electron chi connectivity index (χ4n) is 5.58. The van der Waals surface area contributed by atoms with Crippen molar-refractivity contribution in [1.29, 1.82) is 21.0 Å². The Morgan fingerprint density at radius 1 is 0.388 bits per heavy atom. The standard InChI is InChI=1S/C42H21N7/c1-47-41-18-11-34(23-42(41)48-2)31-7-14-39(15-8-31)49(38-12-5-30(6-13-38)33-3-4-35(26-45)37(22-33)27-46)40-16-9-32(10-17-40)36-20-28(24-43)19-29(21-36)25-44/h3-23H. The molecule has 0 saturated carbocycles. The fourth-order valence-corrected chi connectivity index (χ4v) is 5.58. The van der Waals surface area contributed by atoms with Gasteiger partial charge in [-0.3, -0.25) is 9.69 Å². The summed E-state index contributed by atoms with van der Waals surface area (Å²) in [5.41, 5.74) is 9.78. The normalized spacial score (nSPS) is 9.92. The average molecular weight is 624 g/mol. The molecule has 0 N–H and O–H groups in total. The van der Waals surface area contributed by atoms with Crippen LogP contribution in [0.25, 0.3) is 43.1 Å². The van der Waals surface area contributed by atoms with Gasteiger partial charge in [0.25, 0.3) is 0 Å². The van der Waals surface area contributed by atoms with Crippen LogP contribution in [0.15, 0.2) is 127 Å². The first kappa shape index (κ1) is 31.1.